The number of ether oxygens (including phenoxy) is 3. The molecule has 1 fully saturated rings. The third-order valence-corrected chi connectivity index (χ3v) is 4.89. The molecule has 0 amide bonds. The monoisotopic (exact) mass is 350 g/mol. The lowest BCUT2D eigenvalue weighted by atomic mass is 9.83. The number of rotatable bonds is 2. The maximum absolute atomic E-state index is 12.1. The van der Waals surface area contributed by atoms with Gasteiger partial charge in [0.25, 0.3) is 0 Å². The molecule has 6 heteroatoms. The third-order valence-electron chi connectivity index (χ3n) is 4.89. The summed E-state index contributed by atoms with van der Waals surface area (Å²) in [4.78, 5) is 34.9. The van der Waals surface area contributed by atoms with Crippen molar-refractivity contribution < 1.29 is 28.6 Å². The summed E-state index contributed by atoms with van der Waals surface area (Å²) in [6.45, 7) is 8.32. The van der Waals surface area contributed by atoms with Gasteiger partial charge in [0.05, 0.1) is 5.92 Å². The predicted molar refractivity (Wildman–Crippen MR) is 90.4 cm³/mol. The predicted octanol–water partition coefficient (Wildman–Crippen LogP) is 2.71. The number of hydrogen-bond donors (Lipinski definition) is 0. The molecule has 0 radical (unpaired) electrons. The molecule has 1 heterocycles. The van der Waals surface area contributed by atoms with Gasteiger partial charge in [0.2, 0.25) is 0 Å². The van der Waals surface area contributed by atoms with Crippen molar-refractivity contribution in [2.45, 2.75) is 65.8 Å². The second-order valence-corrected chi connectivity index (χ2v) is 6.88. The molecule has 5 atom stereocenters. The largest absolute Gasteiger partial charge is 0.458 e. The third kappa shape index (κ3) is 4.71. The molecular formula is C19H26O6. The lowest BCUT2D eigenvalue weighted by Crippen LogP contribution is -2.29. The molecular weight excluding hydrogens is 324 g/mol. The van der Waals surface area contributed by atoms with E-state index in [1.54, 1.807) is 0 Å². The van der Waals surface area contributed by atoms with E-state index < -0.39 is 18.3 Å². The Morgan fingerprint density at radius 2 is 1.68 bits per heavy atom. The molecule has 25 heavy (non-hydrogen) atoms. The van der Waals surface area contributed by atoms with E-state index in [0.717, 1.165) is 11.1 Å². The van der Waals surface area contributed by atoms with E-state index in [2.05, 4.69) is 0 Å². The average molecular weight is 350 g/mol. The van der Waals surface area contributed by atoms with E-state index in [1.807, 2.05) is 32.9 Å². The minimum absolute atomic E-state index is 0.105. The van der Waals surface area contributed by atoms with Crippen molar-refractivity contribution in [2.75, 3.05) is 0 Å². The van der Waals surface area contributed by atoms with Gasteiger partial charge in [0.1, 0.15) is 18.3 Å². The van der Waals surface area contributed by atoms with Crippen LogP contribution in [0.25, 0.3) is 0 Å². The van der Waals surface area contributed by atoms with Crippen LogP contribution in [-0.2, 0) is 28.6 Å². The first kappa shape index (κ1) is 19.2. The molecule has 5 unspecified atom stereocenters. The quantitative estimate of drug-likeness (QED) is 0.433. The summed E-state index contributed by atoms with van der Waals surface area (Å²) in [5.74, 6) is -1.39. The van der Waals surface area contributed by atoms with Crippen LogP contribution < -0.4 is 0 Å². The van der Waals surface area contributed by atoms with Crippen molar-refractivity contribution in [1.82, 2.24) is 0 Å². The minimum atomic E-state index is -0.432. The van der Waals surface area contributed by atoms with Crippen LogP contribution >= 0.6 is 0 Å². The van der Waals surface area contributed by atoms with E-state index in [9.17, 15) is 14.4 Å². The standard InChI is InChI=1S/C19H26O6/c1-10-6-7-16(23-13(4)20)11(2)8-18-15(12(3)19(22)25-18)9-17(10)24-14(5)21/h6,8,12,15-18H,7,9H2,1-5H3. The minimum Gasteiger partial charge on any atom is -0.458 e. The van der Waals surface area contributed by atoms with Crippen molar-refractivity contribution in [3.05, 3.63) is 23.3 Å². The van der Waals surface area contributed by atoms with Crippen molar-refractivity contribution >= 4 is 17.9 Å². The van der Waals surface area contributed by atoms with Gasteiger partial charge in [0, 0.05) is 26.2 Å². The molecule has 0 aromatic heterocycles. The van der Waals surface area contributed by atoms with E-state index in [4.69, 9.17) is 14.2 Å². The van der Waals surface area contributed by atoms with Gasteiger partial charge < -0.3 is 14.2 Å². The molecule has 0 aromatic carbocycles. The van der Waals surface area contributed by atoms with Gasteiger partial charge in [-0.25, -0.2) is 0 Å². The summed E-state index contributed by atoms with van der Waals surface area (Å²) in [6.07, 6.45) is 3.52. The number of carbonyl (C=O) groups excluding carboxylic acids is 3. The molecule has 138 valence electrons. The summed E-state index contributed by atoms with van der Waals surface area (Å²) >= 11 is 0. The highest BCUT2D eigenvalue weighted by Gasteiger charge is 2.43. The zero-order valence-electron chi connectivity index (χ0n) is 15.4. The second-order valence-electron chi connectivity index (χ2n) is 6.88. The van der Waals surface area contributed by atoms with E-state index in [1.165, 1.54) is 13.8 Å². The van der Waals surface area contributed by atoms with E-state index in [0.29, 0.717) is 12.8 Å². The molecule has 0 N–H and O–H groups in total. The topological polar surface area (TPSA) is 78.9 Å². The van der Waals surface area contributed by atoms with Crippen LogP contribution in [0.1, 0.15) is 47.5 Å². The van der Waals surface area contributed by atoms with Gasteiger partial charge in [0.15, 0.2) is 0 Å². The van der Waals surface area contributed by atoms with Crippen LogP contribution in [-0.4, -0.2) is 36.2 Å². The van der Waals surface area contributed by atoms with Gasteiger partial charge >= 0.3 is 17.9 Å². The van der Waals surface area contributed by atoms with Gasteiger partial charge in [-0.1, -0.05) is 13.0 Å². The molecule has 2 aliphatic rings. The normalized spacial score (nSPS) is 32.7. The Labute approximate surface area is 148 Å². The molecule has 2 rings (SSSR count). The lowest BCUT2D eigenvalue weighted by Gasteiger charge is -2.27. The first-order valence-corrected chi connectivity index (χ1v) is 8.59. The van der Waals surface area contributed by atoms with Crippen LogP contribution in [0.15, 0.2) is 23.3 Å². The first-order valence-electron chi connectivity index (χ1n) is 8.59. The molecule has 6 nitrogen and oxygen atoms in total. The molecule has 1 aliphatic carbocycles. The Hall–Kier alpha value is -2.11. The van der Waals surface area contributed by atoms with Crippen LogP contribution in [0, 0.1) is 11.8 Å². The van der Waals surface area contributed by atoms with Crippen molar-refractivity contribution in [3.63, 3.8) is 0 Å². The highest BCUT2D eigenvalue weighted by atomic mass is 16.6. The zero-order valence-corrected chi connectivity index (χ0v) is 15.4. The summed E-state index contributed by atoms with van der Waals surface area (Å²) < 4.78 is 16.4. The Morgan fingerprint density at radius 3 is 2.28 bits per heavy atom. The Bertz CT molecular complexity index is 617. The Morgan fingerprint density at radius 1 is 1.08 bits per heavy atom. The van der Waals surface area contributed by atoms with Gasteiger partial charge in [-0.2, -0.15) is 0 Å². The van der Waals surface area contributed by atoms with E-state index >= 15 is 0 Å². The van der Waals surface area contributed by atoms with Crippen LogP contribution in [0.5, 0.6) is 0 Å². The maximum atomic E-state index is 12.1. The Balaban J connectivity index is 2.40. The zero-order chi connectivity index (χ0) is 18.7. The van der Waals surface area contributed by atoms with Gasteiger partial charge in [-0.3, -0.25) is 14.4 Å². The number of hydrogen-bond acceptors (Lipinski definition) is 6. The van der Waals surface area contributed by atoms with Crippen LogP contribution in [0.2, 0.25) is 0 Å². The molecule has 0 bridgehead atoms. The van der Waals surface area contributed by atoms with Crippen molar-refractivity contribution in [1.29, 1.82) is 0 Å². The SMILES string of the molecule is CC(=O)OC1CC=C(C)C(OC(C)=O)CC2C(C=C1C)OC(=O)C2C. The van der Waals surface area contributed by atoms with Crippen LogP contribution in [0.4, 0.5) is 0 Å². The Kier molecular flexibility index (Phi) is 6.03. The number of esters is 3. The van der Waals surface area contributed by atoms with Crippen LogP contribution in [0.3, 0.4) is 0 Å². The highest BCUT2D eigenvalue weighted by Crippen LogP contribution is 2.36. The fraction of sp³-hybridized carbons (Fsp3) is 0.632. The maximum Gasteiger partial charge on any atom is 0.309 e. The summed E-state index contributed by atoms with van der Waals surface area (Å²) in [5, 5.41) is 0. The summed E-state index contributed by atoms with van der Waals surface area (Å²) in [7, 11) is 0. The summed E-state index contributed by atoms with van der Waals surface area (Å²) in [6, 6.07) is 0. The molecule has 0 aromatic rings. The summed E-state index contributed by atoms with van der Waals surface area (Å²) in [5.41, 5.74) is 1.73. The molecule has 1 aliphatic heterocycles. The smallest absolute Gasteiger partial charge is 0.309 e. The van der Waals surface area contributed by atoms with Crippen molar-refractivity contribution in [2.24, 2.45) is 11.8 Å². The second kappa shape index (κ2) is 7.85. The lowest BCUT2D eigenvalue weighted by molar-refractivity contribution is -0.145. The number of fused-ring (bicyclic) bond motifs is 1. The molecule has 1 saturated heterocycles. The van der Waals surface area contributed by atoms with Crippen molar-refractivity contribution in [3.8, 4) is 0 Å². The van der Waals surface area contributed by atoms with Gasteiger partial charge in [-0.15, -0.1) is 0 Å². The molecule has 0 saturated carbocycles. The molecule has 0 spiro atoms. The fourth-order valence-electron chi connectivity index (χ4n) is 3.38. The first-order chi connectivity index (χ1) is 11.7. The van der Waals surface area contributed by atoms with E-state index in [-0.39, 0.29) is 29.7 Å². The fourth-order valence-corrected chi connectivity index (χ4v) is 3.38. The average Bonchev–Trinajstić information content (AvgIpc) is 2.76. The number of carbonyl (C=O) groups is 3. The van der Waals surface area contributed by atoms with Gasteiger partial charge in [-0.05, 0) is 37.5 Å². The highest BCUT2D eigenvalue weighted by molar-refractivity contribution is 5.75.